The fourth-order valence-electron chi connectivity index (χ4n) is 1.30. The Kier molecular flexibility index (Phi) is 2.33. The van der Waals surface area contributed by atoms with Gasteiger partial charge in [-0.15, -0.1) is 0 Å². The number of rotatable bonds is 0. The number of halogens is 1. The number of hydrogen-bond acceptors (Lipinski definition) is 3. The number of carbonyl (C=O) groups excluding carboxylic acids is 1. The van der Waals surface area contributed by atoms with Gasteiger partial charge in [0, 0.05) is 0 Å². The Balaban J connectivity index is 2.43. The number of amidine groups is 1. The van der Waals surface area contributed by atoms with Crippen LogP contribution in [0.15, 0.2) is 34.0 Å². The second-order valence-corrected chi connectivity index (χ2v) is 3.59. The molecule has 5 heteroatoms. The molecule has 0 fully saturated rings. The maximum absolute atomic E-state index is 13.2. The molecule has 0 aromatic carbocycles. The summed E-state index contributed by atoms with van der Waals surface area (Å²) in [6, 6.07) is 0. The quantitative estimate of drug-likeness (QED) is 0.611. The number of aliphatic imine (C=N–C) groups is 2. The van der Waals surface area contributed by atoms with Gasteiger partial charge < -0.3 is 0 Å². The summed E-state index contributed by atoms with van der Waals surface area (Å²) >= 11 is 1.27. The van der Waals surface area contributed by atoms with Gasteiger partial charge in [-0.05, 0) is 18.4 Å². The van der Waals surface area contributed by atoms with Crippen LogP contribution in [0.1, 0.15) is 0 Å². The molecule has 1 aliphatic heterocycles. The van der Waals surface area contributed by atoms with Gasteiger partial charge in [0.25, 0.3) is 5.91 Å². The minimum Gasteiger partial charge on any atom is -0.271 e. The Morgan fingerprint density at radius 1 is 1.50 bits per heavy atom. The van der Waals surface area contributed by atoms with E-state index < -0.39 is 17.7 Å². The first-order valence-electron chi connectivity index (χ1n) is 4.01. The zero-order valence-electron chi connectivity index (χ0n) is 7.40. The SMILES string of the molecule is CSC1=NC(=O)C2C(F)=CC=CC2=N1. The molecule has 0 saturated heterocycles. The average molecular weight is 210 g/mol. The van der Waals surface area contributed by atoms with Crippen LogP contribution in [0.5, 0.6) is 0 Å². The van der Waals surface area contributed by atoms with E-state index in [1.54, 1.807) is 18.4 Å². The first-order valence-corrected chi connectivity index (χ1v) is 5.23. The van der Waals surface area contributed by atoms with E-state index in [1.807, 2.05) is 0 Å². The molecule has 0 bridgehead atoms. The molecule has 0 saturated carbocycles. The van der Waals surface area contributed by atoms with E-state index in [0.717, 1.165) is 0 Å². The van der Waals surface area contributed by atoms with Crippen molar-refractivity contribution in [2.24, 2.45) is 15.9 Å². The monoisotopic (exact) mass is 210 g/mol. The van der Waals surface area contributed by atoms with Gasteiger partial charge in [0.2, 0.25) is 0 Å². The van der Waals surface area contributed by atoms with Gasteiger partial charge in [0.1, 0.15) is 11.7 Å². The molecular formula is C9H7FN2OS. The molecule has 0 N–H and O–H groups in total. The highest BCUT2D eigenvalue weighted by Crippen LogP contribution is 2.25. The van der Waals surface area contributed by atoms with Gasteiger partial charge in [0.05, 0.1) is 5.71 Å². The topological polar surface area (TPSA) is 41.8 Å². The third kappa shape index (κ3) is 1.43. The molecule has 1 amide bonds. The Labute approximate surface area is 84.5 Å². The number of thioether (sulfide) groups is 1. The highest BCUT2D eigenvalue weighted by Gasteiger charge is 2.32. The van der Waals surface area contributed by atoms with Crippen molar-refractivity contribution in [2.75, 3.05) is 6.26 Å². The van der Waals surface area contributed by atoms with Crippen molar-refractivity contribution in [3.63, 3.8) is 0 Å². The summed E-state index contributed by atoms with van der Waals surface area (Å²) in [4.78, 5) is 19.2. The number of allylic oxidation sites excluding steroid dienone is 3. The number of nitrogens with zero attached hydrogens (tertiary/aromatic N) is 2. The van der Waals surface area contributed by atoms with Gasteiger partial charge in [0.15, 0.2) is 5.17 Å². The van der Waals surface area contributed by atoms with Crippen LogP contribution in [-0.4, -0.2) is 23.0 Å². The van der Waals surface area contributed by atoms with Crippen molar-refractivity contribution >= 4 is 28.5 Å². The lowest BCUT2D eigenvalue weighted by Crippen LogP contribution is -2.28. The van der Waals surface area contributed by atoms with Crippen molar-refractivity contribution in [1.29, 1.82) is 0 Å². The summed E-state index contributed by atoms with van der Waals surface area (Å²) in [5, 5.41) is 0.389. The van der Waals surface area contributed by atoms with Crippen molar-refractivity contribution in [3.05, 3.63) is 24.1 Å². The van der Waals surface area contributed by atoms with Gasteiger partial charge in [-0.25, -0.2) is 9.38 Å². The molecule has 1 aliphatic carbocycles. The summed E-state index contributed by atoms with van der Waals surface area (Å²) in [6.45, 7) is 0. The minimum atomic E-state index is -0.907. The van der Waals surface area contributed by atoms with Gasteiger partial charge >= 0.3 is 0 Å². The van der Waals surface area contributed by atoms with Crippen LogP contribution in [0.25, 0.3) is 0 Å². The smallest absolute Gasteiger partial charge is 0.264 e. The molecule has 0 radical (unpaired) electrons. The van der Waals surface area contributed by atoms with E-state index in [4.69, 9.17) is 0 Å². The molecule has 0 aromatic heterocycles. The second-order valence-electron chi connectivity index (χ2n) is 2.82. The van der Waals surface area contributed by atoms with Crippen LogP contribution in [-0.2, 0) is 4.79 Å². The fourth-order valence-corrected chi connectivity index (χ4v) is 1.68. The minimum absolute atomic E-state index is 0.389. The van der Waals surface area contributed by atoms with E-state index in [1.165, 1.54) is 17.8 Å². The number of hydrogen-bond donors (Lipinski definition) is 0. The normalized spacial score (nSPS) is 25.1. The van der Waals surface area contributed by atoms with Crippen molar-refractivity contribution in [3.8, 4) is 0 Å². The van der Waals surface area contributed by atoms with Crippen LogP contribution in [0.4, 0.5) is 4.39 Å². The number of fused-ring (bicyclic) bond motifs is 1. The van der Waals surface area contributed by atoms with Crippen molar-refractivity contribution < 1.29 is 9.18 Å². The molecule has 0 aromatic rings. The molecule has 1 atom stereocenters. The fraction of sp³-hybridized carbons (Fsp3) is 0.222. The Bertz CT molecular complexity index is 409. The molecule has 14 heavy (non-hydrogen) atoms. The lowest BCUT2D eigenvalue weighted by atomic mass is 9.96. The van der Waals surface area contributed by atoms with Gasteiger partial charge in [-0.2, -0.15) is 4.99 Å². The predicted molar refractivity (Wildman–Crippen MR) is 55.2 cm³/mol. The Hall–Kier alpha value is -1.23. The van der Waals surface area contributed by atoms with Crippen molar-refractivity contribution in [1.82, 2.24) is 0 Å². The lowest BCUT2D eigenvalue weighted by molar-refractivity contribution is -0.119. The van der Waals surface area contributed by atoms with Gasteiger partial charge in [-0.3, -0.25) is 4.79 Å². The summed E-state index contributed by atoms with van der Waals surface area (Å²) < 4.78 is 13.2. The maximum atomic E-state index is 13.2. The molecular weight excluding hydrogens is 203 g/mol. The van der Waals surface area contributed by atoms with E-state index in [2.05, 4.69) is 9.98 Å². The maximum Gasteiger partial charge on any atom is 0.264 e. The second kappa shape index (κ2) is 3.49. The standard InChI is InChI=1S/C9H7FN2OS/c1-14-9-11-6-4-2-3-5(10)7(6)8(13)12-9/h2-4,7H,1H3. The molecule has 1 unspecified atom stereocenters. The zero-order chi connectivity index (χ0) is 10.1. The first-order chi connectivity index (χ1) is 6.72. The highest BCUT2D eigenvalue weighted by atomic mass is 32.2. The van der Waals surface area contributed by atoms with E-state index >= 15 is 0 Å². The van der Waals surface area contributed by atoms with E-state index in [0.29, 0.717) is 10.9 Å². The van der Waals surface area contributed by atoms with Crippen LogP contribution < -0.4 is 0 Å². The van der Waals surface area contributed by atoms with Crippen LogP contribution in [0.3, 0.4) is 0 Å². The van der Waals surface area contributed by atoms with Crippen LogP contribution >= 0.6 is 11.8 Å². The third-order valence-corrected chi connectivity index (χ3v) is 2.50. The van der Waals surface area contributed by atoms with E-state index in [-0.39, 0.29) is 0 Å². The molecule has 0 spiro atoms. The average Bonchev–Trinajstić information content (AvgIpc) is 2.17. The number of amides is 1. The molecule has 72 valence electrons. The summed E-state index contributed by atoms with van der Waals surface area (Å²) in [5.41, 5.74) is 0.439. The van der Waals surface area contributed by atoms with Crippen molar-refractivity contribution in [2.45, 2.75) is 0 Å². The van der Waals surface area contributed by atoms with Crippen LogP contribution in [0.2, 0.25) is 0 Å². The van der Waals surface area contributed by atoms with E-state index in [9.17, 15) is 9.18 Å². The summed E-state index contributed by atoms with van der Waals surface area (Å²) in [5.74, 6) is -1.87. The predicted octanol–water partition coefficient (Wildman–Crippen LogP) is 1.73. The molecule has 1 heterocycles. The largest absolute Gasteiger partial charge is 0.271 e. The summed E-state index contributed by atoms with van der Waals surface area (Å²) in [7, 11) is 0. The van der Waals surface area contributed by atoms with Gasteiger partial charge in [-0.1, -0.05) is 17.8 Å². The van der Waals surface area contributed by atoms with Crippen LogP contribution in [0, 0.1) is 5.92 Å². The highest BCUT2D eigenvalue weighted by molar-refractivity contribution is 8.13. The lowest BCUT2D eigenvalue weighted by Gasteiger charge is -2.18. The molecule has 3 nitrogen and oxygen atoms in total. The molecule has 2 rings (SSSR count). The Morgan fingerprint density at radius 3 is 3.00 bits per heavy atom. The Morgan fingerprint density at radius 2 is 2.29 bits per heavy atom. The number of carbonyl (C=O) groups is 1. The third-order valence-electron chi connectivity index (χ3n) is 1.95. The summed E-state index contributed by atoms with van der Waals surface area (Å²) in [6.07, 6.45) is 6.22. The molecule has 2 aliphatic rings. The zero-order valence-corrected chi connectivity index (χ0v) is 8.21. The first kappa shape index (κ1) is 9.33.